The topological polar surface area (TPSA) is 55.6 Å². The lowest BCUT2D eigenvalue weighted by Gasteiger charge is -2.23. The zero-order valence-corrected chi connectivity index (χ0v) is 11.1. The Morgan fingerprint density at radius 1 is 1.28 bits per heavy atom. The number of aromatic nitrogens is 4. The van der Waals surface area contributed by atoms with Gasteiger partial charge in [-0.3, -0.25) is 4.68 Å². The highest BCUT2D eigenvalue weighted by molar-refractivity contribution is 6.28. The van der Waals surface area contributed by atoms with Crippen molar-refractivity contribution in [1.29, 1.82) is 0 Å². The molecule has 0 aromatic carbocycles. The Kier molecular flexibility index (Phi) is 3.07. The highest BCUT2D eigenvalue weighted by Crippen LogP contribution is 2.25. The highest BCUT2D eigenvalue weighted by Gasteiger charge is 2.17. The van der Waals surface area contributed by atoms with Crippen molar-refractivity contribution in [3.8, 4) is 0 Å². The Labute approximate surface area is 111 Å². The van der Waals surface area contributed by atoms with Gasteiger partial charge in [-0.05, 0) is 24.4 Å². The molecule has 2 heterocycles. The van der Waals surface area contributed by atoms with Crippen molar-refractivity contribution in [3.05, 3.63) is 11.5 Å². The third-order valence-electron chi connectivity index (χ3n) is 3.40. The molecule has 0 saturated heterocycles. The van der Waals surface area contributed by atoms with Crippen LogP contribution in [0.2, 0.25) is 5.28 Å². The Morgan fingerprint density at radius 3 is 2.83 bits per heavy atom. The average molecular weight is 266 g/mol. The van der Waals surface area contributed by atoms with Crippen LogP contribution in [0.4, 0.5) is 5.82 Å². The summed E-state index contributed by atoms with van der Waals surface area (Å²) in [7, 11) is 1.87. The Hall–Kier alpha value is -1.36. The monoisotopic (exact) mass is 265 g/mol. The molecule has 18 heavy (non-hydrogen) atoms. The molecule has 0 amide bonds. The lowest BCUT2D eigenvalue weighted by molar-refractivity contribution is 0.462. The third kappa shape index (κ3) is 2.27. The van der Waals surface area contributed by atoms with Crippen molar-refractivity contribution < 1.29 is 0 Å². The zero-order valence-electron chi connectivity index (χ0n) is 10.4. The first-order chi connectivity index (χ1) is 8.72. The molecule has 3 rings (SSSR count). The molecule has 0 aliphatic heterocycles. The smallest absolute Gasteiger partial charge is 0.225 e. The van der Waals surface area contributed by atoms with Crippen LogP contribution in [0.15, 0.2) is 6.20 Å². The number of halogens is 1. The van der Waals surface area contributed by atoms with E-state index in [9.17, 15) is 0 Å². The van der Waals surface area contributed by atoms with Crippen LogP contribution in [0.1, 0.15) is 32.1 Å². The van der Waals surface area contributed by atoms with E-state index in [4.69, 9.17) is 11.6 Å². The number of aryl methyl sites for hydroxylation is 1. The molecule has 1 saturated carbocycles. The van der Waals surface area contributed by atoms with E-state index < -0.39 is 0 Å². The second-order valence-corrected chi connectivity index (χ2v) is 5.20. The summed E-state index contributed by atoms with van der Waals surface area (Å²) in [5, 5.41) is 8.13. The quantitative estimate of drug-likeness (QED) is 0.849. The first-order valence-electron chi connectivity index (χ1n) is 6.36. The molecule has 1 fully saturated rings. The molecule has 0 radical (unpaired) electrons. The number of hydrogen-bond acceptors (Lipinski definition) is 4. The van der Waals surface area contributed by atoms with Crippen molar-refractivity contribution in [3.63, 3.8) is 0 Å². The van der Waals surface area contributed by atoms with E-state index in [1.807, 2.05) is 13.2 Å². The standard InChI is InChI=1S/C12H16ClN5/c1-18-7-9-10(17-18)11(16-12(13)15-9)14-8-5-3-2-4-6-8/h7-8H,2-6H2,1H3,(H,14,15,16). The van der Waals surface area contributed by atoms with Gasteiger partial charge in [0.15, 0.2) is 11.3 Å². The van der Waals surface area contributed by atoms with Gasteiger partial charge in [-0.1, -0.05) is 19.3 Å². The summed E-state index contributed by atoms with van der Waals surface area (Å²) in [5.41, 5.74) is 1.59. The van der Waals surface area contributed by atoms with E-state index >= 15 is 0 Å². The van der Waals surface area contributed by atoms with Gasteiger partial charge in [0.2, 0.25) is 5.28 Å². The minimum Gasteiger partial charge on any atom is -0.365 e. The second-order valence-electron chi connectivity index (χ2n) is 4.86. The van der Waals surface area contributed by atoms with Gasteiger partial charge < -0.3 is 5.32 Å². The van der Waals surface area contributed by atoms with Crippen molar-refractivity contribution in [1.82, 2.24) is 19.7 Å². The second kappa shape index (κ2) is 4.72. The summed E-state index contributed by atoms with van der Waals surface area (Å²) in [6.07, 6.45) is 8.13. The van der Waals surface area contributed by atoms with Gasteiger partial charge in [-0.25, -0.2) is 4.98 Å². The molecular weight excluding hydrogens is 250 g/mol. The van der Waals surface area contributed by atoms with Crippen LogP contribution in [0.25, 0.3) is 11.0 Å². The molecule has 0 spiro atoms. The van der Waals surface area contributed by atoms with Crippen LogP contribution >= 0.6 is 11.6 Å². The van der Waals surface area contributed by atoms with Gasteiger partial charge >= 0.3 is 0 Å². The fourth-order valence-corrected chi connectivity index (χ4v) is 2.71. The van der Waals surface area contributed by atoms with E-state index in [0.717, 1.165) is 16.9 Å². The van der Waals surface area contributed by atoms with Crippen LogP contribution in [-0.4, -0.2) is 25.8 Å². The van der Waals surface area contributed by atoms with E-state index in [1.165, 1.54) is 32.1 Å². The maximum Gasteiger partial charge on any atom is 0.225 e. The van der Waals surface area contributed by atoms with Gasteiger partial charge in [0.1, 0.15) is 5.52 Å². The Morgan fingerprint density at radius 2 is 2.06 bits per heavy atom. The summed E-state index contributed by atoms with van der Waals surface area (Å²) in [6.45, 7) is 0. The highest BCUT2D eigenvalue weighted by atomic mass is 35.5. The van der Waals surface area contributed by atoms with E-state index in [2.05, 4.69) is 20.4 Å². The third-order valence-corrected chi connectivity index (χ3v) is 3.57. The molecule has 5 nitrogen and oxygen atoms in total. The summed E-state index contributed by atoms with van der Waals surface area (Å²) < 4.78 is 1.74. The maximum absolute atomic E-state index is 5.95. The normalized spacial score (nSPS) is 17.2. The van der Waals surface area contributed by atoms with Gasteiger partial charge in [-0.2, -0.15) is 10.1 Å². The SMILES string of the molecule is Cn1cc2nc(Cl)nc(NC3CCCCC3)c2n1. The maximum atomic E-state index is 5.95. The Bertz CT molecular complexity index is 559. The predicted octanol–water partition coefficient (Wildman–Crippen LogP) is 2.76. The first-order valence-corrected chi connectivity index (χ1v) is 6.73. The molecule has 2 aromatic heterocycles. The molecule has 0 atom stereocenters. The Balaban J connectivity index is 1.94. The van der Waals surface area contributed by atoms with Crippen molar-refractivity contribution in [2.24, 2.45) is 7.05 Å². The molecule has 1 aliphatic carbocycles. The number of nitrogens with one attached hydrogen (secondary N) is 1. The van der Waals surface area contributed by atoms with Crippen molar-refractivity contribution in [2.45, 2.75) is 38.1 Å². The number of nitrogens with zero attached hydrogens (tertiary/aromatic N) is 4. The molecule has 6 heteroatoms. The molecule has 2 aromatic rings. The van der Waals surface area contributed by atoms with Crippen LogP contribution in [0, 0.1) is 0 Å². The van der Waals surface area contributed by atoms with Gasteiger partial charge in [0, 0.05) is 13.1 Å². The van der Waals surface area contributed by atoms with Crippen LogP contribution < -0.4 is 5.32 Å². The average Bonchev–Trinajstić information content (AvgIpc) is 2.71. The van der Waals surface area contributed by atoms with Gasteiger partial charge in [0.05, 0.1) is 6.20 Å². The van der Waals surface area contributed by atoms with E-state index in [1.54, 1.807) is 4.68 Å². The van der Waals surface area contributed by atoms with Gasteiger partial charge in [0.25, 0.3) is 0 Å². The minimum atomic E-state index is 0.272. The summed E-state index contributed by atoms with van der Waals surface area (Å²) in [4.78, 5) is 8.46. The zero-order chi connectivity index (χ0) is 12.5. The van der Waals surface area contributed by atoms with Crippen molar-refractivity contribution >= 4 is 28.5 Å². The van der Waals surface area contributed by atoms with E-state index in [0.29, 0.717) is 6.04 Å². The number of fused-ring (bicyclic) bond motifs is 1. The molecule has 0 unspecified atom stereocenters. The largest absolute Gasteiger partial charge is 0.365 e. The fourth-order valence-electron chi connectivity index (χ4n) is 2.54. The van der Waals surface area contributed by atoms with Crippen molar-refractivity contribution in [2.75, 3.05) is 5.32 Å². The van der Waals surface area contributed by atoms with Gasteiger partial charge in [-0.15, -0.1) is 0 Å². The van der Waals surface area contributed by atoms with Crippen LogP contribution in [0.5, 0.6) is 0 Å². The molecule has 1 aliphatic rings. The summed E-state index contributed by atoms with van der Waals surface area (Å²) in [6, 6.07) is 0.481. The number of hydrogen-bond donors (Lipinski definition) is 1. The lowest BCUT2D eigenvalue weighted by atomic mass is 9.95. The fraction of sp³-hybridized carbons (Fsp3) is 0.583. The molecule has 96 valence electrons. The molecule has 1 N–H and O–H groups in total. The molecular formula is C12H16ClN5. The summed E-state index contributed by atoms with van der Waals surface area (Å²) in [5.74, 6) is 0.762. The first kappa shape index (κ1) is 11.7. The van der Waals surface area contributed by atoms with Crippen LogP contribution in [0.3, 0.4) is 0 Å². The predicted molar refractivity (Wildman–Crippen MR) is 71.8 cm³/mol. The number of anilines is 1. The summed E-state index contributed by atoms with van der Waals surface area (Å²) >= 11 is 5.95. The number of rotatable bonds is 2. The van der Waals surface area contributed by atoms with Crippen LogP contribution in [-0.2, 0) is 7.05 Å². The molecule has 0 bridgehead atoms. The lowest BCUT2D eigenvalue weighted by Crippen LogP contribution is -2.23. The van der Waals surface area contributed by atoms with E-state index in [-0.39, 0.29) is 5.28 Å². The minimum absolute atomic E-state index is 0.272.